The third-order valence-electron chi connectivity index (χ3n) is 6.04. The molecule has 0 bridgehead atoms. The highest BCUT2D eigenvalue weighted by molar-refractivity contribution is 7.19. The summed E-state index contributed by atoms with van der Waals surface area (Å²) in [5, 5.41) is 1.37. The number of fused-ring (bicyclic) bond motifs is 2. The van der Waals surface area contributed by atoms with Gasteiger partial charge in [0.05, 0.1) is 13.2 Å². The molecule has 3 aromatic rings. The minimum Gasteiger partial charge on any atom is -0.378 e. The van der Waals surface area contributed by atoms with Crippen LogP contribution in [0.4, 0.5) is 5.69 Å². The molecule has 2 aliphatic rings. The molecule has 0 saturated carbocycles. The van der Waals surface area contributed by atoms with Crippen LogP contribution in [0.3, 0.4) is 0 Å². The lowest BCUT2D eigenvalue weighted by Crippen LogP contribution is -2.37. The molecule has 4 heteroatoms. The lowest BCUT2D eigenvalue weighted by molar-refractivity contribution is 0.122. The summed E-state index contributed by atoms with van der Waals surface area (Å²) in [6.07, 6.45) is 0. The maximum atomic E-state index is 5.55. The van der Waals surface area contributed by atoms with E-state index in [1.807, 2.05) is 11.3 Å². The molecule has 5 rings (SSSR count). The van der Waals surface area contributed by atoms with Gasteiger partial charge in [-0.2, -0.15) is 0 Å². The van der Waals surface area contributed by atoms with Gasteiger partial charge in [0.15, 0.2) is 0 Å². The van der Waals surface area contributed by atoms with E-state index in [0.29, 0.717) is 5.92 Å². The minimum atomic E-state index is 0.466. The van der Waals surface area contributed by atoms with Gasteiger partial charge in [0.2, 0.25) is 0 Å². The van der Waals surface area contributed by atoms with E-state index in [2.05, 4.69) is 66.2 Å². The quantitative estimate of drug-likeness (QED) is 0.647. The topological polar surface area (TPSA) is 15.7 Å². The molecule has 2 aromatic carbocycles. The molecule has 1 unspecified atom stereocenters. The molecule has 0 amide bonds. The van der Waals surface area contributed by atoms with E-state index >= 15 is 0 Å². The van der Waals surface area contributed by atoms with Crippen molar-refractivity contribution in [3.05, 3.63) is 64.0 Å². The van der Waals surface area contributed by atoms with Crippen LogP contribution in [0.15, 0.2) is 42.5 Å². The monoisotopic (exact) mass is 378 g/mol. The molecule has 1 saturated heterocycles. The number of nitrogens with zero attached hydrogens (tertiary/aromatic N) is 2. The molecule has 1 atom stereocenters. The van der Waals surface area contributed by atoms with E-state index < -0.39 is 0 Å². The summed E-state index contributed by atoms with van der Waals surface area (Å²) < 4.78 is 6.94. The van der Waals surface area contributed by atoms with Crippen LogP contribution in [-0.4, -0.2) is 44.8 Å². The Morgan fingerprint density at radius 2 is 1.89 bits per heavy atom. The van der Waals surface area contributed by atoms with Crippen LogP contribution < -0.4 is 4.90 Å². The van der Waals surface area contributed by atoms with Crippen molar-refractivity contribution in [1.82, 2.24) is 4.90 Å². The first-order valence-corrected chi connectivity index (χ1v) is 10.6. The largest absolute Gasteiger partial charge is 0.378 e. The summed E-state index contributed by atoms with van der Waals surface area (Å²) in [4.78, 5) is 6.46. The van der Waals surface area contributed by atoms with Gasteiger partial charge in [0, 0.05) is 47.4 Å². The van der Waals surface area contributed by atoms with Crippen molar-refractivity contribution in [2.45, 2.75) is 19.4 Å². The van der Waals surface area contributed by atoms with Gasteiger partial charge >= 0.3 is 0 Å². The average molecular weight is 379 g/mol. The molecular weight excluding hydrogens is 352 g/mol. The van der Waals surface area contributed by atoms with Gasteiger partial charge in [0.25, 0.3) is 0 Å². The molecule has 0 N–H and O–H groups in total. The molecule has 3 heterocycles. The lowest BCUT2D eigenvalue weighted by atomic mass is 9.85. The average Bonchev–Trinajstić information content (AvgIpc) is 3.13. The van der Waals surface area contributed by atoms with Crippen molar-refractivity contribution in [2.75, 3.05) is 44.8 Å². The highest BCUT2D eigenvalue weighted by Crippen LogP contribution is 2.41. The summed E-state index contributed by atoms with van der Waals surface area (Å²) in [5.41, 5.74) is 5.89. The number of morpholine rings is 1. The first-order chi connectivity index (χ1) is 13.2. The van der Waals surface area contributed by atoms with Crippen LogP contribution in [0, 0.1) is 6.92 Å². The van der Waals surface area contributed by atoms with Crippen molar-refractivity contribution in [3.8, 4) is 0 Å². The Labute approximate surface area is 165 Å². The van der Waals surface area contributed by atoms with Crippen LogP contribution in [-0.2, 0) is 11.3 Å². The number of anilines is 1. The van der Waals surface area contributed by atoms with E-state index in [0.717, 1.165) is 39.4 Å². The smallest absolute Gasteiger partial charge is 0.0642 e. The zero-order valence-electron chi connectivity index (χ0n) is 16.1. The van der Waals surface area contributed by atoms with Crippen LogP contribution in [0.25, 0.3) is 10.1 Å². The van der Waals surface area contributed by atoms with Gasteiger partial charge in [-0.1, -0.05) is 24.3 Å². The van der Waals surface area contributed by atoms with Gasteiger partial charge in [0.1, 0.15) is 0 Å². The van der Waals surface area contributed by atoms with Gasteiger partial charge in [-0.15, -0.1) is 11.3 Å². The maximum absolute atomic E-state index is 5.55. The van der Waals surface area contributed by atoms with Gasteiger partial charge in [-0.25, -0.2) is 0 Å². The predicted molar refractivity (Wildman–Crippen MR) is 114 cm³/mol. The number of hydrogen-bond donors (Lipinski definition) is 0. The zero-order chi connectivity index (χ0) is 18.4. The summed E-state index contributed by atoms with van der Waals surface area (Å²) in [6, 6.07) is 15.9. The molecule has 0 radical (unpaired) electrons. The third kappa shape index (κ3) is 3.06. The van der Waals surface area contributed by atoms with E-state index in [1.54, 1.807) is 0 Å². The Bertz CT molecular complexity index is 941. The van der Waals surface area contributed by atoms with Gasteiger partial charge < -0.3 is 14.5 Å². The number of benzene rings is 2. The first-order valence-electron chi connectivity index (χ1n) is 9.83. The molecule has 27 heavy (non-hydrogen) atoms. The minimum absolute atomic E-state index is 0.466. The fraction of sp³-hybridized carbons (Fsp3) is 0.391. The fourth-order valence-electron chi connectivity index (χ4n) is 4.61. The SMILES string of the molecule is Cc1c(N2CCOCC2)ccc2c1CN(C)CC2c1cc2ccccc2s1. The van der Waals surface area contributed by atoms with E-state index in [1.165, 1.54) is 37.3 Å². The molecule has 3 nitrogen and oxygen atoms in total. The van der Waals surface area contributed by atoms with Crippen LogP contribution in [0.2, 0.25) is 0 Å². The Morgan fingerprint density at radius 1 is 1.07 bits per heavy atom. The second-order valence-electron chi connectivity index (χ2n) is 7.81. The van der Waals surface area contributed by atoms with Crippen molar-refractivity contribution in [3.63, 3.8) is 0 Å². The number of ether oxygens (including phenoxy) is 1. The molecule has 0 aliphatic carbocycles. The Morgan fingerprint density at radius 3 is 2.70 bits per heavy atom. The van der Waals surface area contributed by atoms with Crippen LogP contribution in [0.1, 0.15) is 27.5 Å². The molecule has 1 fully saturated rings. The second kappa shape index (κ2) is 6.93. The van der Waals surface area contributed by atoms with Gasteiger partial charge in [-0.3, -0.25) is 0 Å². The summed E-state index contributed by atoms with van der Waals surface area (Å²) >= 11 is 1.95. The van der Waals surface area contributed by atoms with Gasteiger partial charge in [-0.05, 0) is 54.2 Å². The second-order valence-corrected chi connectivity index (χ2v) is 8.93. The Hall–Kier alpha value is -1.88. The van der Waals surface area contributed by atoms with Crippen molar-refractivity contribution >= 4 is 27.1 Å². The molecule has 1 aromatic heterocycles. The standard InChI is InChI=1S/C23H26N2OS/c1-16-19-14-24(2)15-20(23-13-17-5-3-4-6-22(17)27-23)18(19)7-8-21(16)25-9-11-26-12-10-25/h3-8,13,20H,9-12,14-15H2,1-2H3. The van der Waals surface area contributed by atoms with Crippen molar-refractivity contribution in [1.29, 1.82) is 0 Å². The predicted octanol–water partition coefficient (Wildman–Crippen LogP) is 4.62. The summed E-state index contributed by atoms with van der Waals surface area (Å²) in [7, 11) is 2.25. The summed E-state index contributed by atoms with van der Waals surface area (Å²) in [5.74, 6) is 0.466. The van der Waals surface area contributed by atoms with Crippen molar-refractivity contribution < 1.29 is 4.74 Å². The molecule has 2 aliphatic heterocycles. The van der Waals surface area contributed by atoms with Crippen molar-refractivity contribution in [2.24, 2.45) is 0 Å². The highest BCUT2D eigenvalue weighted by atomic mass is 32.1. The van der Waals surface area contributed by atoms with E-state index in [-0.39, 0.29) is 0 Å². The fourth-order valence-corrected chi connectivity index (χ4v) is 5.79. The highest BCUT2D eigenvalue weighted by Gasteiger charge is 2.29. The zero-order valence-corrected chi connectivity index (χ0v) is 16.9. The van der Waals surface area contributed by atoms with Crippen LogP contribution >= 0.6 is 11.3 Å². The Balaban J connectivity index is 1.57. The summed E-state index contributed by atoms with van der Waals surface area (Å²) in [6.45, 7) is 8.10. The molecule has 140 valence electrons. The van der Waals surface area contributed by atoms with E-state index in [4.69, 9.17) is 4.74 Å². The van der Waals surface area contributed by atoms with E-state index in [9.17, 15) is 0 Å². The third-order valence-corrected chi connectivity index (χ3v) is 7.27. The molecule has 0 spiro atoms. The normalized spacial score (nSPS) is 20.8. The maximum Gasteiger partial charge on any atom is 0.0642 e. The first kappa shape index (κ1) is 17.2. The number of likely N-dealkylation sites (N-methyl/N-ethyl adjacent to an activating group) is 1. The van der Waals surface area contributed by atoms with Crippen LogP contribution in [0.5, 0.6) is 0 Å². The Kier molecular flexibility index (Phi) is 4.43. The molecular formula is C23H26N2OS. The number of rotatable bonds is 2. The lowest BCUT2D eigenvalue weighted by Gasteiger charge is -2.36. The number of hydrogen-bond acceptors (Lipinski definition) is 4. The number of thiophene rings is 1.